The highest BCUT2D eigenvalue weighted by Crippen LogP contribution is 2.27. The Bertz CT molecular complexity index is 869. The van der Waals surface area contributed by atoms with E-state index in [1.54, 1.807) is 0 Å². The predicted molar refractivity (Wildman–Crippen MR) is 124 cm³/mol. The maximum absolute atomic E-state index is 12.9. The largest absolute Gasteiger partial charge is 0.371 e. The number of carbonyl (C=O) groups excluding carboxylic acids is 2. The van der Waals surface area contributed by atoms with Gasteiger partial charge in [0.25, 0.3) is 5.91 Å². The number of anilines is 1. The number of hydrogen-bond acceptors (Lipinski definition) is 3. The Hall–Kier alpha value is -2.82. The second-order valence-electron chi connectivity index (χ2n) is 8.76. The van der Waals surface area contributed by atoms with Gasteiger partial charge in [-0.15, -0.1) is 0 Å². The standard InChI is InChI=1S/C26H33N3O2/c30-25(21-10-4-5-11-21)28-22-15-18-29(19-16-22)24-13-7-6-12-23(24)26(31)27-17-14-20-8-2-1-3-9-20/h1-3,6-9,12-13,21-22H,4-5,10-11,14-19H2,(H,27,31)(H,28,30). The van der Waals surface area contributed by atoms with Crippen molar-refractivity contribution in [3.63, 3.8) is 0 Å². The third-order valence-electron chi connectivity index (χ3n) is 6.60. The van der Waals surface area contributed by atoms with E-state index < -0.39 is 0 Å². The average molecular weight is 420 g/mol. The van der Waals surface area contributed by atoms with Crippen LogP contribution in [0.2, 0.25) is 0 Å². The number of benzene rings is 2. The van der Waals surface area contributed by atoms with Crippen LogP contribution in [0.15, 0.2) is 54.6 Å². The molecule has 0 spiro atoms. The lowest BCUT2D eigenvalue weighted by Gasteiger charge is -2.35. The lowest BCUT2D eigenvalue weighted by molar-refractivity contribution is -0.125. The normalized spacial score (nSPS) is 17.5. The summed E-state index contributed by atoms with van der Waals surface area (Å²) in [5, 5.41) is 6.34. The smallest absolute Gasteiger partial charge is 0.253 e. The van der Waals surface area contributed by atoms with E-state index in [2.05, 4.69) is 27.7 Å². The first-order chi connectivity index (χ1) is 15.2. The Morgan fingerprint density at radius 3 is 2.29 bits per heavy atom. The monoisotopic (exact) mass is 419 g/mol. The molecule has 1 aliphatic carbocycles. The zero-order valence-corrected chi connectivity index (χ0v) is 18.2. The Morgan fingerprint density at radius 2 is 1.55 bits per heavy atom. The highest BCUT2D eigenvalue weighted by atomic mass is 16.2. The van der Waals surface area contributed by atoms with Crippen molar-refractivity contribution in [1.82, 2.24) is 10.6 Å². The molecule has 0 radical (unpaired) electrons. The third-order valence-corrected chi connectivity index (χ3v) is 6.60. The number of nitrogens with one attached hydrogen (secondary N) is 2. The van der Waals surface area contributed by atoms with Crippen molar-refractivity contribution in [2.45, 2.75) is 51.0 Å². The molecule has 31 heavy (non-hydrogen) atoms. The molecule has 1 saturated carbocycles. The number of hydrogen-bond donors (Lipinski definition) is 2. The first-order valence-corrected chi connectivity index (χ1v) is 11.7. The summed E-state index contributed by atoms with van der Waals surface area (Å²) in [4.78, 5) is 27.6. The van der Waals surface area contributed by atoms with Crippen LogP contribution in [0, 0.1) is 5.92 Å². The molecule has 2 N–H and O–H groups in total. The van der Waals surface area contributed by atoms with Crippen LogP contribution in [0.1, 0.15) is 54.4 Å². The molecule has 0 unspecified atom stereocenters. The van der Waals surface area contributed by atoms with Crippen LogP contribution in [-0.2, 0) is 11.2 Å². The summed E-state index contributed by atoms with van der Waals surface area (Å²) in [6.07, 6.45) is 7.10. The van der Waals surface area contributed by atoms with Crippen molar-refractivity contribution in [3.05, 3.63) is 65.7 Å². The van der Waals surface area contributed by atoms with Gasteiger partial charge in [0.1, 0.15) is 0 Å². The summed E-state index contributed by atoms with van der Waals surface area (Å²) in [7, 11) is 0. The van der Waals surface area contributed by atoms with Gasteiger partial charge in [-0.05, 0) is 49.8 Å². The van der Waals surface area contributed by atoms with E-state index in [1.165, 1.54) is 18.4 Å². The first-order valence-electron chi connectivity index (χ1n) is 11.7. The quantitative estimate of drug-likeness (QED) is 0.715. The molecule has 0 atom stereocenters. The van der Waals surface area contributed by atoms with Gasteiger partial charge in [-0.3, -0.25) is 9.59 Å². The molecular weight excluding hydrogens is 386 g/mol. The van der Waals surface area contributed by atoms with Gasteiger partial charge in [0, 0.05) is 37.3 Å². The summed E-state index contributed by atoms with van der Waals surface area (Å²) in [5.74, 6) is 0.440. The lowest BCUT2D eigenvalue weighted by atomic mass is 10.0. The Labute approximate surface area is 185 Å². The first kappa shape index (κ1) is 21.4. The number of nitrogens with zero attached hydrogens (tertiary/aromatic N) is 1. The minimum Gasteiger partial charge on any atom is -0.371 e. The molecule has 5 nitrogen and oxygen atoms in total. The van der Waals surface area contributed by atoms with Crippen molar-refractivity contribution >= 4 is 17.5 Å². The topological polar surface area (TPSA) is 61.4 Å². The van der Waals surface area contributed by atoms with Crippen LogP contribution in [0.5, 0.6) is 0 Å². The fourth-order valence-corrected chi connectivity index (χ4v) is 4.77. The van der Waals surface area contributed by atoms with Crippen molar-refractivity contribution in [2.75, 3.05) is 24.5 Å². The van der Waals surface area contributed by atoms with E-state index in [4.69, 9.17) is 0 Å². The molecule has 1 aliphatic heterocycles. The molecule has 2 aromatic rings. The summed E-state index contributed by atoms with van der Waals surface area (Å²) in [5.41, 5.74) is 2.93. The number of carbonyl (C=O) groups is 2. The summed E-state index contributed by atoms with van der Waals surface area (Å²) in [6.45, 7) is 2.32. The van der Waals surface area contributed by atoms with E-state index in [-0.39, 0.29) is 23.8 Å². The molecule has 4 rings (SSSR count). The van der Waals surface area contributed by atoms with Crippen molar-refractivity contribution in [1.29, 1.82) is 0 Å². The Kier molecular flexibility index (Phi) is 7.23. The number of rotatable bonds is 7. The van der Waals surface area contributed by atoms with Gasteiger partial charge < -0.3 is 15.5 Å². The highest BCUT2D eigenvalue weighted by Gasteiger charge is 2.27. The molecule has 2 fully saturated rings. The molecular formula is C26H33N3O2. The minimum absolute atomic E-state index is 0.0248. The molecule has 0 aromatic heterocycles. The zero-order chi connectivity index (χ0) is 21.5. The maximum Gasteiger partial charge on any atom is 0.253 e. The van der Waals surface area contributed by atoms with E-state index in [0.29, 0.717) is 6.54 Å². The number of piperidine rings is 1. The molecule has 0 bridgehead atoms. The molecule has 164 valence electrons. The number of amides is 2. The molecule has 1 heterocycles. The maximum atomic E-state index is 12.9. The predicted octanol–water partition coefficient (Wildman–Crippen LogP) is 3.93. The van der Waals surface area contributed by atoms with Gasteiger partial charge in [0.05, 0.1) is 5.56 Å². The molecule has 2 aliphatic rings. The van der Waals surface area contributed by atoms with Crippen molar-refractivity contribution < 1.29 is 9.59 Å². The summed E-state index contributed by atoms with van der Waals surface area (Å²) < 4.78 is 0. The summed E-state index contributed by atoms with van der Waals surface area (Å²) in [6, 6.07) is 18.3. The Morgan fingerprint density at radius 1 is 0.871 bits per heavy atom. The second-order valence-corrected chi connectivity index (χ2v) is 8.76. The van der Waals surface area contributed by atoms with E-state index in [1.807, 2.05) is 42.5 Å². The SMILES string of the molecule is O=C(NCCc1ccccc1)c1ccccc1N1CCC(NC(=O)C2CCCC2)CC1. The van der Waals surface area contributed by atoms with Gasteiger partial charge >= 0.3 is 0 Å². The van der Waals surface area contributed by atoms with E-state index in [0.717, 1.165) is 56.4 Å². The van der Waals surface area contributed by atoms with Crippen molar-refractivity contribution in [3.8, 4) is 0 Å². The van der Waals surface area contributed by atoms with Crippen LogP contribution >= 0.6 is 0 Å². The summed E-state index contributed by atoms with van der Waals surface area (Å²) >= 11 is 0. The van der Waals surface area contributed by atoms with E-state index >= 15 is 0 Å². The minimum atomic E-state index is -0.0248. The van der Waals surface area contributed by atoms with Gasteiger partial charge in [0.2, 0.25) is 5.91 Å². The molecule has 2 aromatic carbocycles. The second kappa shape index (κ2) is 10.5. The highest BCUT2D eigenvalue weighted by molar-refractivity contribution is 5.99. The fourth-order valence-electron chi connectivity index (χ4n) is 4.77. The molecule has 5 heteroatoms. The number of para-hydroxylation sites is 1. The lowest BCUT2D eigenvalue weighted by Crippen LogP contribution is -2.46. The van der Waals surface area contributed by atoms with Crippen LogP contribution in [-0.4, -0.2) is 37.5 Å². The molecule has 2 amide bonds. The Balaban J connectivity index is 1.30. The fraction of sp³-hybridized carbons (Fsp3) is 0.462. The van der Waals surface area contributed by atoms with Crippen LogP contribution in [0.4, 0.5) is 5.69 Å². The molecule has 1 saturated heterocycles. The average Bonchev–Trinajstić information content (AvgIpc) is 3.36. The zero-order valence-electron chi connectivity index (χ0n) is 18.2. The van der Waals surface area contributed by atoms with Crippen LogP contribution in [0.25, 0.3) is 0 Å². The van der Waals surface area contributed by atoms with Gasteiger partial charge in [-0.2, -0.15) is 0 Å². The van der Waals surface area contributed by atoms with Crippen molar-refractivity contribution in [2.24, 2.45) is 5.92 Å². The van der Waals surface area contributed by atoms with Crippen LogP contribution < -0.4 is 15.5 Å². The van der Waals surface area contributed by atoms with Gasteiger partial charge in [-0.1, -0.05) is 55.3 Å². The van der Waals surface area contributed by atoms with Gasteiger partial charge in [0.15, 0.2) is 0 Å². The van der Waals surface area contributed by atoms with Gasteiger partial charge in [-0.25, -0.2) is 0 Å². The van der Waals surface area contributed by atoms with Crippen LogP contribution in [0.3, 0.4) is 0 Å². The third kappa shape index (κ3) is 5.66. The van der Waals surface area contributed by atoms with E-state index in [9.17, 15) is 9.59 Å².